The van der Waals surface area contributed by atoms with Gasteiger partial charge in [-0.1, -0.05) is 13.3 Å². The number of likely N-dealkylation sites (tertiary alicyclic amines) is 1. The molecule has 1 aliphatic rings. The van der Waals surface area contributed by atoms with Gasteiger partial charge in [-0.2, -0.15) is 0 Å². The normalized spacial score (nSPS) is 20.1. The van der Waals surface area contributed by atoms with E-state index in [4.69, 9.17) is 0 Å². The monoisotopic (exact) mass is 261 g/mol. The molecule has 0 radical (unpaired) electrons. The summed E-state index contributed by atoms with van der Waals surface area (Å²) in [5.74, 6) is 1.11. The SMILES string of the molecule is CCC1CCCN(C(=O)c2ccc(O)c(C)c2)CC1. The van der Waals surface area contributed by atoms with E-state index in [9.17, 15) is 9.90 Å². The van der Waals surface area contributed by atoms with Crippen molar-refractivity contribution in [1.29, 1.82) is 0 Å². The quantitative estimate of drug-likeness (QED) is 0.887. The highest BCUT2D eigenvalue weighted by molar-refractivity contribution is 5.94. The first-order valence-corrected chi connectivity index (χ1v) is 7.20. The molecule has 1 aliphatic heterocycles. The third-order valence-corrected chi connectivity index (χ3v) is 4.16. The minimum absolute atomic E-state index is 0.0971. The number of carbonyl (C=O) groups is 1. The van der Waals surface area contributed by atoms with Gasteiger partial charge >= 0.3 is 0 Å². The van der Waals surface area contributed by atoms with Crippen LogP contribution in [0, 0.1) is 12.8 Å². The lowest BCUT2D eigenvalue weighted by molar-refractivity contribution is 0.0760. The van der Waals surface area contributed by atoms with Crippen LogP contribution in [0.1, 0.15) is 48.5 Å². The van der Waals surface area contributed by atoms with Crippen LogP contribution < -0.4 is 0 Å². The Kier molecular flexibility index (Phi) is 4.46. The summed E-state index contributed by atoms with van der Waals surface area (Å²) in [5, 5.41) is 9.52. The highest BCUT2D eigenvalue weighted by atomic mass is 16.3. The number of aryl methyl sites for hydroxylation is 1. The van der Waals surface area contributed by atoms with Crippen LogP contribution in [0.3, 0.4) is 0 Å². The molecular formula is C16H23NO2. The van der Waals surface area contributed by atoms with Crippen molar-refractivity contribution in [2.75, 3.05) is 13.1 Å². The number of nitrogens with zero attached hydrogens (tertiary/aromatic N) is 1. The topological polar surface area (TPSA) is 40.5 Å². The number of phenols is 1. The molecule has 3 nitrogen and oxygen atoms in total. The summed E-state index contributed by atoms with van der Waals surface area (Å²) in [6.07, 6.45) is 4.65. The number of carbonyl (C=O) groups excluding carboxylic acids is 1. The Morgan fingerprint density at radius 2 is 2.16 bits per heavy atom. The van der Waals surface area contributed by atoms with Gasteiger partial charge in [0.25, 0.3) is 5.91 Å². The molecule has 2 rings (SSSR count). The van der Waals surface area contributed by atoms with Crippen molar-refractivity contribution in [1.82, 2.24) is 4.90 Å². The van der Waals surface area contributed by atoms with Gasteiger partial charge in [0.1, 0.15) is 5.75 Å². The van der Waals surface area contributed by atoms with Crippen LogP contribution >= 0.6 is 0 Å². The molecule has 1 N–H and O–H groups in total. The minimum Gasteiger partial charge on any atom is -0.508 e. The predicted molar refractivity (Wildman–Crippen MR) is 76.4 cm³/mol. The van der Waals surface area contributed by atoms with Gasteiger partial charge < -0.3 is 10.0 Å². The van der Waals surface area contributed by atoms with Crippen molar-refractivity contribution in [3.05, 3.63) is 29.3 Å². The van der Waals surface area contributed by atoms with E-state index < -0.39 is 0 Å². The van der Waals surface area contributed by atoms with Gasteiger partial charge in [0.15, 0.2) is 0 Å². The van der Waals surface area contributed by atoms with Crippen molar-refractivity contribution in [3.8, 4) is 5.75 Å². The van der Waals surface area contributed by atoms with Crippen LogP contribution in [0.25, 0.3) is 0 Å². The standard InChI is InChI=1S/C16H23NO2/c1-3-13-5-4-9-17(10-8-13)16(19)14-6-7-15(18)12(2)11-14/h6-7,11,13,18H,3-5,8-10H2,1-2H3. The maximum Gasteiger partial charge on any atom is 0.253 e. The summed E-state index contributed by atoms with van der Waals surface area (Å²) in [4.78, 5) is 14.4. The van der Waals surface area contributed by atoms with Gasteiger partial charge in [0.05, 0.1) is 0 Å². The molecule has 1 atom stereocenters. The zero-order valence-corrected chi connectivity index (χ0v) is 11.9. The molecule has 104 valence electrons. The minimum atomic E-state index is 0.0971. The first-order chi connectivity index (χ1) is 9.11. The second-order valence-corrected chi connectivity index (χ2v) is 5.50. The molecule has 0 aliphatic carbocycles. The van der Waals surface area contributed by atoms with Crippen LogP contribution in [0.15, 0.2) is 18.2 Å². The van der Waals surface area contributed by atoms with Crippen LogP contribution in [-0.4, -0.2) is 29.0 Å². The van der Waals surface area contributed by atoms with Gasteiger partial charge in [-0.05, 0) is 55.9 Å². The third kappa shape index (κ3) is 3.28. The van der Waals surface area contributed by atoms with E-state index in [1.807, 2.05) is 11.8 Å². The van der Waals surface area contributed by atoms with Gasteiger partial charge in [0.2, 0.25) is 0 Å². The van der Waals surface area contributed by atoms with E-state index in [2.05, 4.69) is 6.92 Å². The van der Waals surface area contributed by atoms with Gasteiger partial charge in [0, 0.05) is 18.7 Å². The van der Waals surface area contributed by atoms with E-state index in [1.165, 1.54) is 12.8 Å². The van der Waals surface area contributed by atoms with E-state index in [0.29, 0.717) is 5.56 Å². The highest BCUT2D eigenvalue weighted by Crippen LogP contribution is 2.23. The molecule has 1 aromatic rings. The molecule has 0 saturated carbocycles. The summed E-state index contributed by atoms with van der Waals surface area (Å²) in [7, 11) is 0. The second-order valence-electron chi connectivity index (χ2n) is 5.50. The molecule has 1 fully saturated rings. The number of aromatic hydroxyl groups is 1. The zero-order valence-electron chi connectivity index (χ0n) is 11.9. The number of hydrogen-bond donors (Lipinski definition) is 1. The molecule has 1 unspecified atom stereocenters. The van der Waals surface area contributed by atoms with Crippen LogP contribution in [0.2, 0.25) is 0 Å². The Morgan fingerprint density at radius 1 is 1.37 bits per heavy atom. The van der Waals surface area contributed by atoms with Crippen molar-refractivity contribution < 1.29 is 9.90 Å². The molecule has 19 heavy (non-hydrogen) atoms. The van der Waals surface area contributed by atoms with Crippen molar-refractivity contribution in [3.63, 3.8) is 0 Å². The fourth-order valence-corrected chi connectivity index (χ4v) is 2.75. The molecule has 0 bridgehead atoms. The third-order valence-electron chi connectivity index (χ3n) is 4.16. The molecule has 1 amide bonds. The smallest absolute Gasteiger partial charge is 0.253 e. The zero-order chi connectivity index (χ0) is 13.8. The van der Waals surface area contributed by atoms with E-state index >= 15 is 0 Å². The summed E-state index contributed by atoms with van der Waals surface area (Å²) in [6.45, 7) is 5.76. The fourth-order valence-electron chi connectivity index (χ4n) is 2.75. The van der Waals surface area contributed by atoms with Crippen molar-refractivity contribution in [2.45, 2.75) is 39.5 Å². The first-order valence-electron chi connectivity index (χ1n) is 7.20. The Balaban J connectivity index is 2.08. The fraction of sp³-hybridized carbons (Fsp3) is 0.562. The number of benzene rings is 1. The van der Waals surface area contributed by atoms with Crippen LogP contribution in [-0.2, 0) is 0 Å². The molecule has 3 heteroatoms. The van der Waals surface area contributed by atoms with Gasteiger partial charge in [-0.25, -0.2) is 0 Å². The first kappa shape index (κ1) is 13.9. The Morgan fingerprint density at radius 3 is 2.84 bits per heavy atom. The molecule has 1 heterocycles. The largest absolute Gasteiger partial charge is 0.508 e. The maximum absolute atomic E-state index is 12.5. The lowest BCUT2D eigenvalue weighted by Crippen LogP contribution is -2.32. The summed E-state index contributed by atoms with van der Waals surface area (Å²) < 4.78 is 0. The molecule has 0 spiro atoms. The summed E-state index contributed by atoms with van der Waals surface area (Å²) >= 11 is 0. The lowest BCUT2D eigenvalue weighted by atomic mass is 9.98. The van der Waals surface area contributed by atoms with E-state index in [1.54, 1.807) is 18.2 Å². The molecule has 1 saturated heterocycles. The summed E-state index contributed by atoms with van der Waals surface area (Å²) in [6, 6.07) is 5.10. The number of amides is 1. The van der Waals surface area contributed by atoms with Crippen LogP contribution in [0.5, 0.6) is 5.75 Å². The van der Waals surface area contributed by atoms with Gasteiger partial charge in [-0.3, -0.25) is 4.79 Å². The molecule has 0 aromatic heterocycles. The summed E-state index contributed by atoms with van der Waals surface area (Å²) in [5.41, 5.74) is 1.44. The van der Waals surface area contributed by atoms with Crippen molar-refractivity contribution >= 4 is 5.91 Å². The molecule has 1 aromatic carbocycles. The Labute approximate surface area is 115 Å². The Hall–Kier alpha value is -1.51. The maximum atomic E-state index is 12.5. The second kappa shape index (κ2) is 6.09. The number of rotatable bonds is 2. The van der Waals surface area contributed by atoms with Crippen molar-refractivity contribution in [2.24, 2.45) is 5.92 Å². The lowest BCUT2D eigenvalue weighted by Gasteiger charge is -2.21. The predicted octanol–water partition coefficient (Wildman–Crippen LogP) is 3.35. The van der Waals surface area contributed by atoms with Crippen LogP contribution in [0.4, 0.5) is 0 Å². The van der Waals surface area contributed by atoms with Gasteiger partial charge in [-0.15, -0.1) is 0 Å². The van der Waals surface area contributed by atoms with E-state index in [-0.39, 0.29) is 11.7 Å². The average Bonchev–Trinajstić information content (AvgIpc) is 2.66. The number of phenolic OH excluding ortho intramolecular Hbond substituents is 1. The average molecular weight is 261 g/mol. The highest BCUT2D eigenvalue weighted by Gasteiger charge is 2.21. The van der Waals surface area contributed by atoms with E-state index in [0.717, 1.165) is 37.4 Å². The Bertz CT molecular complexity index is 456. The molecular weight excluding hydrogens is 238 g/mol. The number of hydrogen-bond acceptors (Lipinski definition) is 2.